The van der Waals surface area contributed by atoms with Gasteiger partial charge in [-0.2, -0.15) is 5.26 Å². The molecule has 5 aromatic rings. The number of fused-ring (bicyclic) bond motifs is 3. The molecule has 65 heavy (non-hydrogen) atoms. The van der Waals surface area contributed by atoms with Gasteiger partial charge in [0.2, 0.25) is 11.9 Å². The Morgan fingerprint density at radius 3 is 2.32 bits per heavy atom. The number of nitrogens with zero attached hydrogens (tertiary/aromatic N) is 8. The van der Waals surface area contributed by atoms with E-state index in [0.717, 1.165) is 64.9 Å². The molecule has 2 fully saturated rings. The van der Waals surface area contributed by atoms with Gasteiger partial charge in [-0.3, -0.25) is 19.1 Å². The van der Waals surface area contributed by atoms with Gasteiger partial charge in [0, 0.05) is 71.0 Å². The monoisotopic (exact) mass is 918 g/mol. The summed E-state index contributed by atoms with van der Waals surface area (Å²) in [4.78, 5) is 43.9. The number of aryl methyl sites for hydroxylation is 2. The molecule has 0 bridgehead atoms. The molecule has 2 N–H and O–H groups in total. The van der Waals surface area contributed by atoms with Crippen molar-refractivity contribution in [2.24, 2.45) is 15.8 Å². The van der Waals surface area contributed by atoms with Crippen LogP contribution in [0.1, 0.15) is 109 Å². The van der Waals surface area contributed by atoms with Crippen LogP contribution in [0.15, 0.2) is 59.9 Å². The van der Waals surface area contributed by atoms with E-state index in [0.29, 0.717) is 53.4 Å². The number of rotatable bonds is 14. The number of piperidine rings is 1. The Morgan fingerprint density at radius 2 is 1.66 bits per heavy atom. The number of benzene rings is 2. The lowest BCUT2D eigenvalue weighted by Gasteiger charge is -2.63. The quantitative estimate of drug-likeness (QED) is 0.104. The van der Waals surface area contributed by atoms with Crippen LogP contribution in [-0.2, 0) is 9.53 Å². The zero-order valence-corrected chi connectivity index (χ0v) is 39.6. The maximum atomic E-state index is 13.4. The van der Waals surface area contributed by atoms with Crippen molar-refractivity contribution in [1.29, 1.82) is 5.26 Å². The number of amides is 2. The topological polar surface area (TPSA) is 182 Å². The summed E-state index contributed by atoms with van der Waals surface area (Å²) in [5.41, 5.74) is 3.91. The number of thiophene rings is 1. The summed E-state index contributed by atoms with van der Waals surface area (Å²) in [5, 5.41) is 25.6. The van der Waals surface area contributed by atoms with Gasteiger partial charge in [0.25, 0.3) is 5.91 Å². The van der Waals surface area contributed by atoms with E-state index < -0.39 is 16.9 Å². The van der Waals surface area contributed by atoms with Crippen LogP contribution in [0.25, 0.3) is 5.00 Å². The Morgan fingerprint density at radius 1 is 0.969 bits per heavy atom. The molecule has 2 aromatic carbocycles. The van der Waals surface area contributed by atoms with E-state index in [-0.39, 0.29) is 36.5 Å². The van der Waals surface area contributed by atoms with Crippen molar-refractivity contribution in [3.8, 4) is 22.6 Å². The predicted molar refractivity (Wildman–Crippen MR) is 250 cm³/mol. The highest BCUT2D eigenvalue weighted by Crippen LogP contribution is 2.55. The first-order valence-electron chi connectivity index (χ1n) is 22.1. The van der Waals surface area contributed by atoms with E-state index in [1.54, 1.807) is 41.9 Å². The standard InChI is InChI=1S/C48H55ClN10O5S/c1-9-51-38(60)23-37-41-57-56-29(4)59(41)43-39(27(2)28(3)65-43)40(54-37)30-10-13-33(14-11-30)62-20-21-63-34-16-18-58(19-17-34)46-52-25-32(26-53-46)42(61)55-44-47(5,6)45(48(44,7)8)64-35-15-12-31(24-50)36(49)22-35/h10-15,22,25-26,34,37,44-45H,9,16-21,23H2,1-8H3,(H,51,60)(H,55,61)/t37-,44?,45?/m0/s1. The van der Waals surface area contributed by atoms with Gasteiger partial charge in [0.05, 0.1) is 41.0 Å². The molecule has 340 valence electrons. The van der Waals surface area contributed by atoms with Gasteiger partial charge in [-0.15, -0.1) is 21.5 Å². The molecular weight excluding hydrogens is 864 g/mol. The fourth-order valence-electron chi connectivity index (χ4n) is 9.69. The molecule has 8 rings (SSSR count). The number of aromatic nitrogens is 5. The number of carbonyl (C=O) groups excluding carboxylic acids is 2. The number of aliphatic imine (C=N–C) groups is 1. The zero-order chi connectivity index (χ0) is 46.2. The fraction of sp³-hybridized carbons (Fsp3) is 0.458. The van der Waals surface area contributed by atoms with Crippen molar-refractivity contribution in [3.05, 3.63) is 104 Å². The van der Waals surface area contributed by atoms with Crippen molar-refractivity contribution < 1.29 is 23.8 Å². The molecule has 15 nitrogen and oxygen atoms in total. The maximum Gasteiger partial charge on any atom is 0.254 e. The molecule has 1 aliphatic carbocycles. The molecule has 17 heteroatoms. The van der Waals surface area contributed by atoms with E-state index in [9.17, 15) is 14.9 Å². The van der Waals surface area contributed by atoms with E-state index in [4.69, 9.17) is 30.8 Å². The Bertz CT molecular complexity index is 2630. The van der Waals surface area contributed by atoms with Crippen molar-refractivity contribution in [2.45, 2.75) is 98.9 Å². The number of halogens is 1. The van der Waals surface area contributed by atoms with Crippen LogP contribution in [0.4, 0.5) is 5.95 Å². The fourth-order valence-corrected chi connectivity index (χ4v) is 11.1. The normalized spacial score (nSPS) is 19.7. The summed E-state index contributed by atoms with van der Waals surface area (Å²) in [6.45, 7) is 19.2. The average Bonchev–Trinajstić information content (AvgIpc) is 3.77. The van der Waals surface area contributed by atoms with Crippen molar-refractivity contribution >= 4 is 46.4 Å². The Labute approximate surface area is 388 Å². The van der Waals surface area contributed by atoms with Gasteiger partial charge >= 0.3 is 0 Å². The van der Waals surface area contributed by atoms with Crippen LogP contribution in [-0.4, -0.2) is 93.4 Å². The average molecular weight is 920 g/mol. The maximum absolute atomic E-state index is 13.4. The lowest BCUT2D eigenvalue weighted by atomic mass is 9.49. The van der Waals surface area contributed by atoms with Crippen LogP contribution in [0.2, 0.25) is 5.02 Å². The van der Waals surface area contributed by atoms with Crippen LogP contribution in [0.5, 0.6) is 11.5 Å². The van der Waals surface area contributed by atoms with Crippen LogP contribution >= 0.6 is 22.9 Å². The first-order chi connectivity index (χ1) is 31.1. The number of nitriles is 1. The molecule has 0 spiro atoms. The Kier molecular flexibility index (Phi) is 13.0. The van der Waals surface area contributed by atoms with Gasteiger partial charge in [-0.1, -0.05) is 39.3 Å². The zero-order valence-electron chi connectivity index (χ0n) is 38.1. The first kappa shape index (κ1) is 45.7. The van der Waals surface area contributed by atoms with E-state index in [2.05, 4.69) is 87.9 Å². The molecule has 1 atom stereocenters. The molecule has 0 unspecified atom stereocenters. The molecule has 2 aliphatic heterocycles. The minimum atomic E-state index is -0.498. The smallest absolute Gasteiger partial charge is 0.254 e. The van der Waals surface area contributed by atoms with E-state index in [1.165, 1.54) is 4.88 Å². The van der Waals surface area contributed by atoms with Gasteiger partial charge in [-0.25, -0.2) is 9.97 Å². The van der Waals surface area contributed by atoms with Gasteiger partial charge in [-0.05, 0) is 82.5 Å². The largest absolute Gasteiger partial charge is 0.491 e. The van der Waals surface area contributed by atoms with Gasteiger partial charge in [0.15, 0.2) is 5.82 Å². The number of hydrogen-bond donors (Lipinski definition) is 2. The molecule has 2 amide bonds. The third-order valence-corrected chi connectivity index (χ3v) is 14.4. The SMILES string of the molecule is CCNC(=O)C[C@@H]1N=C(c2ccc(OCCOC3CCN(c4ncc(C(=O)NC5C(C)(C)C(Oc6ccc(C#N)c(Cl)c6)C5(C)C)cn4)CC3)cc2)c2c(sc(C)c2C)-n2c(C)nnc21. The molecule has 3 aromatic heterocycles. The second-order valence-corrected chi connectivity index (χ2v) is 19.7. The lowest BCUT2D eigenvalue weighted by molar-refractivity contribution is -0.164. The van der Waals surface area contributed by atoms with Crippen molar-refractivity contribution in [3.63, 3.8) is 0 Å². The molecule has 0 radical (unpaired) electrons. The van der Waals surface area contributed by atoms with Crippen LogP contribution in [0, 0.1) is 42.9 Å². The lowest BCUT2D eigenvalue weighted by Crippen LogP contribution is -2.74. The molecule has 3 aliphatic rings. The highest BCUT2D eigenvalue weighted by molar-refractivity contribution is 7.15. The third kappa shape index (κ3) is 9.06. The minimum Gasteiger partial charge on any atom is -0.491 e. The number of nitrogens with one attached hydrogen (secondary N) is 2. The molecular formula is C48H55ClN10O5S. The van der Waals surface area contributed by atoms with E-state index >= 15 is 0 Å². The van der Waals surface area contributed by atoms with Crippen LogP contribution in [0.3, 0.4) is 0 Å². The number of hydrogen-bond acceptors (Lipinski definition) is 13. The highest BCUT2D eigenvalue weighted by atomic mass is 35.5. The predicted octanol–water partition coefficient (Wildman–Crippen LogP) is 7.66. The second-order valence-electron chi connectivity index (χ2n) is 18.1. The minimum absolute atomic E-state index is 0.0822. The molecule has 1 saturated carbocycles. The summed E-state index contributed by atoms with van der Waals surface area (Å²) in [6.07, 6.45) is 4.83. The van der Waals surface area contributed by atoms with E-state index in [1.807, 2.05) is 38.1 Å². The summed E-state index contributed by atoms with van der Waals surface area (Å²) < 4.78 is 20.8. The summed E-state index contributed by atoms with van der Waals surface area (Å²) >= 11 is 7.94. The summed E-state index contributed by atoms with van der Waals surface area (Å²) in [7, 11) is 0. The number of carbonyl (C=O) groups is 2. The first-order valence-corrected chi connectivity index (χ1v) is 23.3. The molecule has 1 saturated heterocycles. The third-order valence-electron chi connectivity index (χ3n) is 12.9. The highest BCUT2D eigenvalue weighted by Gasteiger charge is 2.64. The number of ether oxygens (including phenoxy) is 3. The number of anilines is 1. The van der Waals surface area contributed by atoms with Crippen LogP contribution < -0.4 is 25.0 Å². The summed E-state index contributed by atoms with van der Waals surface area (Å²) in [6, 6.07) is 14.4. The summed E-state index contributed by atoms with van der Waals surface area (Å²) in [5.74, 6) is 2.98. The van der Waals surface area contributed by atoms with Crippen molar-refractivity contribution in [2.75, 3.05) is 37.7 Å². The van der Waals surface area contributed by atoms with Gasteiger partial charge < -0.3 is 29.7 Å². The Balaban J connectivity index is 0.809. The molecule has 5 heterocycles. The van der Waals surface area contributed by atoms with Gasteiger partial charge in [0.1, 0.15) is 47.1 Å². The second kappa shape index (κ2) is 18.5. The Hall–Kier alpha value is -5.89. The van der Waals surface area contributed by atoms with Crippen molar-refractivity contribution in [1.82, 2.24) is 35.4 Å².